The van der Waals surface area contributed by atoms with E-state index >= 15 is 0 Å². The maximum Gasteiger partial charge on any atom is 0.255 e. The molecular weight excluding hydrogens is 344 g/mol. The second-order valence-electron chi connectivity index (χ2n) is 6.36. The molecule has 138 valence electrons. The molecule has 1 amide bonds. The van der Waals surface area contributed by atoms with Gasteiger partial charge in [0.1, 0.15) is 6.33 Å². The molecule has 0 unspecified atom stereocenters. The number of carbonyl (C=O) groups excluding carboxylic acids is 1. The van der Waals surface area contributed by atoms with Crippen molar-refractivity contribution in [2.45, 2.75) is 6.92 Å². The van der Waals surface area contributed by atoms with Crippen LogP contribution in [0, 0.1) is 6.92 Å². The number of rotatable bonds is 4. The Morgan fingerprint density at radius 3 is 2.59 bits per heavy atom. The molecule has 8 nitrogen and oxygen atoms in total. The minimum Gasteiger partial charge on any atom is -0.378 e. The Morgan fingerprint density at radius 2 is 1.89 bits per heavy atom. The van der Waals surface area contributed by atoms with E-state index in [1.54, 1.807) is 4.68 Å². The summed E-state index contributed by atoms with van der Waals surface area (Å²) in [7, 11) is 0. The molecule has 1 saturated heterocycles. The van der Waals surface area contributed by atoms with E-state index in [9.17, 15) is 4.79 Å². The lowest BCUT2D eigenvalue weighted by Crippen LogP contribution is -2.36. The van der Waals surface area contributed by atoms with Crippen molar-refractivity contribution in [3.05, 3.63) is 59.9 Å². The maximum atomic E-state index is 12.6. The third kappa shape index (κ3) is 3.80. The number of anilines is 2. The molecule has 4 rings (SSSR count). The minimum absolute atomic E-state index is 0.157. The summed E-state index contributed by atoms with van der Waals surface area (Å²) in [5.74, 6) is -0.157. The van der Waals surface area contributed by atoms with Crippen LogP contribution < -0.4 is 10.2 Å². The van der Waals surface area contributed by atoms with E-state index in [4.69, 9.17) is 4.74 Å². The van der Waals surface area contributed by atoms with Gasteiger partial charge in [0.25, 0.3) is 5.91 Å². The molecule has 0 radical (unpaired) electrons. The highest BCUT2D eigenvalue weighted by molar-refractivity contribution is 6.04. The van der Waals surface area contributed by atoms with E-state index < -0.39 is 0 Å². The second kappa shape index (κ2) is 7.55. The molecule has 1 fully saturated rings. The van der Waals surface area contributed by atoms with Crippen LogP contribution >= 0.6 is 0 Å². The fourth-order valence-corrected chi connectivity index (χ4v) is 3.05. The normalized spacial score (nSPS) is 14.2. The first-order valence-electron chi connectivity index (χ1n) is 8.79. The quantitative estimate of drug-likeness (QED) is 0.763. The first-order chi connectivity index (χ1) is 13.2. The van der Waals surface area contributed by atoms with Crippen LogP contribution in [0.2, 0.25) is 0 Å². The maximum absolute atomic E-state index is 12.6. The lowest BCUT2D eigenvalue weighted by atomic mass is 10.1. The van der Waals surface area contributed by atoms with Crippen molar-refractivity contribution in [3.63, 3.8) is 0 Å². The summed E-state index contributed by atoms with van der Waals surface area (Å²) in [5, 5.41) is 14.2. The zero-order valence-corrected chi connectivity index (χ0v) is 15.0. The molecule has 27 heavy (non-hydrogen) atoms. The van der Waals surface area contributed by atoms with Gasteiger partial charge in [-0.1, -0.05) is 6.07 Å². The summed E-state index contributed by atoms with van der Waals surface area (Å²) in [6.07, 6.45) is 1.53. The first-order valence-corrected chi connectivity index (χ1v) is 8.79. The van der Waals surface area contributed by atoms with Gasteiger partial charge in [0.2, 0.25) is 0 Å². The third-order valence-corrected chi connectivity index (χ3v) is 4.57. The zero-order chi connectivity index (χ0) is 18.6. The number of aryl methyl sites for hydroxylation is 1. The lowest BCUT2D eigenvalue weighted by molar-refractivity contribution is 0.102. The number of benzene rings is 2. The van der Waals surface area contributed by atoms with Gasteiger partial charge in [-0.15, -0.1) is 5.10 Å². The average Bonchev–Trinajstić information content (AvgIpc) is 3.25. The van der Waals surface area contributed by atoms with Gasteiger partial charge in [-0.25, -0.2) is 4.68 Å². The molecule has 0 spiro atoms. The zero-order valence-electron chi connectivity index (χ0n) is 15.0. The minimum atomic E-state index is -0.157. The summed E-state index contributed by atoms with van der Waals surface area (Å²) in [5.41, 5.74) is 4.23. The molecule has 8 heteroatoms. The summed E-state index contributed by atoms with van der Waals surface area (Å²) < 4.78 is 6.95. The number of nitrogens with one attached hydrogen (secondary N) is 1. The predicted molar refractivity (Wildman–Crippen MR) is 101 cm³/mol. The Balaban J connectivity index is 1.48. The second-order valence-corrected chi connectivity index (χ2v) is 6.36. The standard InChI is InChI=1S/C19H20N6O2/c1-14-2-5-16(12-18(14)25-13-20-22-23-25)21-19(26)15-3-6-17(7-4-15)24-8-10-27-11-9-24/h2-7,12-13H,8-11H2,1H3,(H,21,26). The van der Waals surface area contributed by atoms with Gasteiger partial charge in [0.15, 0.2) is 0 Å². The van der Waals surface area contributed by atoms with Crippen LogP contribution in [0.25, 0.3) is 5.69 Å². The number of carbonyl (C=O) groups is 1. The van der Waals surface area contributed by atoms with Gasteiger partial charge >= 0.3 is 0 Å². The van der Waals surface area contributed by atoms with Gasteiger partial charge in [-0.05, 0) is 59.3 Å². The monoisotopic (exact) mass is 364 g/mol. The van der Waals surface area contributed by atoms with E-state index in [1.807, 2.05) is 49.4 Å². The van der Waals surface area contributed by atoms with Crippen LogP contribution in [-0.4, -0.2) is 52.4 Å². The van der Waals surface area contributed by atoms with E-state index in [-0.39, 0.29) is 5.91 Å². The van der Waals surface area contributed by atoms with E-state index in [0.717, 1.165) is 43.2 Å². The number of tetrazole rings is 1. The van der Waals surface area contributed by atoms with Crippen molar-refractivity contribution < 1.29 is 9.53 Å². The summed E-state index contributed by atoms with van der Waals surface area (Å²) in [6.45, 7) is 5.18. The van der Waals surface area contributed by atoms with E-state index in [2.05, 4.69) is 25.7 Å². The number of ether oxygens (including phenoxy) is 1. The molecule has 1 N–H and O–H groups in total. The molecule has 1 aliphatic rings. The number of amides is 1. The Kier molecular flexibility index (Phi) is 4.80. The summed E-state index contributed by atoms with van der Waals surface area (Å²) >= 11 is 0. The highest BCUT2D eigenvalue weighted by Crippen LogP contribution is 2.20. The van der Waals surface area contributed by atoms with Crippen molar-refractivity contribution in [1.29, 1.82) is 0 Å². The molecule has 0 atom stereocenters. The van der Waals surface area contributed by atoms with Crippen molar-refractivity contribution >= 4 is 17.3 Å². The summed E-state index contributed by atoms with van der Waals surface area (Å²) in [4.78, 5) is 14.8. The smallest absolute Gasteiger partial charge is 0.255 e. The van der Waals surface area contributed by atoms with Crippen molar-refractivity contribution in [2.75, 3.05) is 36.5 Å². The molecule has 1 aliphatic heterocycles. The first kappa shape index (κ1) is 17.2. The predicted octanol–water partition coefficient (Wildman–Crippen LogP) is 2.06. The third-order valence-electron chi connectivity index (χ3n) is 4.57. The van der Waals surface area contributed by atoms with Gasteiger partial charge in [-0.2, -0.15) is 0 Å². The number of morpholine rings is 1. The van der Waals surface area contributed by atoms with Crippen LogP contribution in [0.4, 0.5) is 11.4 Å². The van der Waals surface area contributed by atoms with E-state index in [1.165, 1.54) is 6.33 Å². The molecule has 0 bridgehead atoms. The van der Waals surface area contributed by atoms with Crippen LogP contribution in [0.1, 0.15) is 15.9 Å². The number of hydrogen-bond donors (Lipinski definition) is 1. The Morgan fingerprint density at radius 1 is 1.11 bits per heavy atom. The van der Waals surface area contributed by atoms with Crippen molar-refractivity contribution in [1.82, 2.24) is 20.2 Å². The molecule has 2 aromatic carbocycles. The fourth-order valence-electron chi connectivity index (χ4n) is 3.05. The molecule has 3 aromatic rings. The van der Waals surface area contributed by atoms with Crippen molar-refractivity contribution in [2.24, 2.45) is 0 Å². The van der Waals surface area contributed by atoms with Gasteiger partial charge in [0, 0.05) is 30.0 Å². The van der Waals surface area contributed by atoms with Crippen LogP contribution in [0.15, 0.2) is 48.8 Å². The summed E-state index contributed by atoms with van der Waals surface area (Å²) in [6, 6.07) is 13.3. The van der Waals surface area contributed by atoms with E-state index in [0.29, 0.717) is 11.3 Å². The Bertz CT molecular complexity index is 918. The molecule has 1 aromatic heterocycles. The highest BCUT2D eigenvalue weighted by atomic mass is 16.5. The van der Waals surface area contributed by atoms with Crippen LogP contribution in [0.3, 0.4) is 0 Å². The van der Waals surface area contributed by atoms with Gasteiger partial charge in [-0.3, -0.25) is 4.79 Å². The van der Waals surface area contributed by atoms with Gasteiger partial charge < -0.3 is 15.0 Å². The topological polar surface area (TPSA) is 85.2 Å². The molecule has 0 saturated carbocycles. The SMILES string of the molecule is Cc1ccc(NC(=O)c2ccc(N3CCOCC3)cc2)cc1-n1cnnn1. The molecule has 2 heterocycles. The van der Waals surface area contributed by atoms with Crippen molar-refractivity contribution in [3.8, 4) is 5.69 Å². The number of aromatic nitrogens is 4. The average molecular weight is 364 g/mol. The van der Waals surface area contributed by atoms with Crippen LogP contribution in [0.5, 0.6) is 0 Å². The molecular formula is C19H20N6O2. The van der Waals surface area contributed by atoms with Crippen LogP contribution in [-0.2, 0) is 4.74 Å². The Labute approximate surface area is 156 Å². The Hall–Kier alpha value is -3.26. The molecule has 0 aliphatic carbocycles. The highest BCUT2D eigenvalue weighted by Gasteiger charge is 2.13. The van der Waals surface area contributed by atoms with Gasteiger partial charge in [0.05, 0.1) is 18.9 Å². The fraction of sp³-hybridized carbons (Fsp3) is 0.263. The largest absolute Gasteiger partial charge is 0.378 e. The number of hydrogen-bond acceptors (Lipinski definition) is 6. The lowest BCUT2D eigenvalue weighted by Gasteiger charge is -2.28. The number of nitrogens with zero attached hydrogens (tertiary/aromatic N) is 5.